The largest absolute Gasteiger partial charge is 0.481 e. The number of ketones is 1. The van der Waals surface area contributed by atoms with Crippen molar-refractivity contribution in [1.82, 2.24) is 5.32 Å². The average Bonchev–Trinajstić information content (AvgIpc) is 3.28. The van der Waals surface area contributed by atoms with E-state index in [1.165, 1.54) is 11.8 Å². The zero-order valence-electron chi connectivity index (χ0n) is 16.8. The molecule has 3 aromatic rings. The van der Waals surface area contributed by atoms with Crippen LogP contribution in [-0.4, -0.2) is 29.6 Å². The number of ether oxygens (including phenoxy) is 1. The van der Waals surface area contributed by atoms with Gasteiger partial charge in [0.05, 0.1) is 23.8 Å². The quantitative estimate of drug-likeness (QED) is 0.499. The second-order valence-electron chi connectivity index (χ2n) is 6.86. The highest BCUT2D eigenvalue weighted by atomic mass is 32.2. The first-order chi connectivity index (χ1) is 14.6. The lowest BCUT2D eigenvalue weighted by Gasteiger charge is -2.21. The molecule has 0 saturated carbocycles. The van der Waals surface area contributed by atoms with Gasteiger partial charge >= 0.3 is 0 Å². The van der Waals surface area contributed by atoms with E-state index in [4.69, 9.17) is 9.15 Å². The highest BCUT2D eigenvalue weighted by molar-refractivity contribution is 7.99. The summed E-state index contributed by atoms with van der Waals surface area (Å²) in [5.41, 5.74) is 0.990. The van der Waals surface area contributed by atoms with Crippen molar-refractivity contribution in [3.05, 3.63) is 90.4 Å². The second-order valence-corrected chi connectivity index (χ2v) is 7.85. The van der Waals surface area contributed by atoms with Crippen LogP contribution in [0.5, 0.6) is 5.75 Å². The van der Waals surface area contributed by atoms with Gasteiger partial charge in [0.15, 0.2) is 11.9 Å². The number of hydrogen-bond donors (Lipinski definition) is 1. The maximum Gasteiger partial charge on any atom is 0.261 e. The molecular weight excluding hydrogens is 398 g/mol. The number of carbonyl (C=O) groups excluding carboxylic acids is 2. The molecule has 0 aliphatic carbocycles. The van der Waals surface area contributed by atoms with Crippen LogP contribution in [0.3, 0.4) is 0 Å². The Balaban J connectivity index is 1.60. The molecule has 2 aromatic carbocycles. The fourth-order valence-corrected chi connectivity index (χ4v) is 3.76. The number of carbonyl (C=O) groups is 2. The third-order valence-corrected chi connectivity index (χ3v) is 5.46. The predicted octanol–water partition coefficient (Wildman–Crippen LogP) is 4.28. The van der Waals surface area contributed by atoms with Crippen molar-refractivity contribution in [3.8, 4) is 5.75 Å². The van der Waals surface area contributed by atoms with Crippen molar-refractivity contribution in [3.63, 3.8) is 0 Å². The number of benzene rings is 2. The van der Waals surface area contributed by atoms with Gasteiger partial charge < -0.3 is 14.5 Å². The van der Waals surface area contributed by atoms with Gasteiger partial charge in [-0.3, -0.25) is 9.59 Å². The summed E-state index contributed by atoms with van der Waals surface area (Å²) in [5, 5.41) is 2.88. The summed E-state index contributed by atoms with van der Waals surface area (Å²) in [7, 11) is 0. The van der Waals surface area contributed by atoms with E-state index in [0.717, 1.165) is 11.3 Å². The molecule has 1 heterocycles. The number of rotatable bonds is 11. The molecule has 3 rings (SSSR count). The fraction of sp³-hybridized carbons (Fsp3) is 0.250. The van der Waals surface area contributed by atoms with Gasteiger partial charge in [-0.2, -0.15) is 0 Å². The summed E-state index contributed by atoms with van der Waals surface area (Å²) in [5.74, 6) is 1.98. The van der Waals surface area contributed by atoms with Crippen molar-refractivity contribution < 1.29 is 18.7 Å². The van der Waals surface area contributed by atoms with Gasteiger partial charge in [-0.05, 0) is 43.2 Å². The molecule has 0 saturated heterocycles. The van der Waals surface area contributed by atoms with E-state index in [9.17, 15) is 9.59 Å². The molecule has 6 heteroatoms. The molecule has 1 amide bonds. The summed E-state index contributed by atoms with van der Waals surface area (Å²) in [6, 6.07) is 21.9. The van der Waals surface area contributed by atoms with Crippen molar-refractivity contribution in [2.45, 2.75) is 31.2 Å². The molecule has 0 fully saturated rings. The smallest absolute Gasteiger partial charge is 0.261 e. The predicted molar refractivity (Wildman–Crippen MR) is 118 cm³/mol. The molecule has 156 valence electrons. The van der Waals surface area contributed by atoms with E-state index in [1.54, 1.807) is 25.3 Å². The van der Waals surface area contributed by atoms with Gasteiger partial charge in [-0.15, -0.1) is 11.8 Å². The molecular formula is C24H25NO4S. The highest BCUT2D eigenvalue weighted by Crippen LogP contribution is 2.15. The third kappa shape index (κ3) is 6.81. The number of para-hydroxylation sites is 1. The Morgan fingerprint density at radius 3 is 2.37 bits per heavy atom. The van der Waals surface area contributed by atoms with Crippen LogP contribution in [0.2, 0.25) is 0 Å². The molecule has 0 aliphatic rings. The lowest BCUT2D eigenvalue weighted by atomic mass is 10.0. The van der Waals surface area contributed by atoms with Crippen LogP contribution in [0.15, 0.2) is 83.5 Å². The van der Waals surface area contributed by atoms with Gasteiger partial charge in [0.2, 0.25) is 0 Å². The van der Waals surface area contributed by atoms with Crippen LogP contribution < -0.4 is 10.1 Å². The van der Waals surface area contributed by atoms with Crippen LogP contribution in [0.4, 0.5) is 0 Å². The van der Waals surface area contributed by atoms with E-state index in [-0.39, 0.29) is 17.4 Å². The number of amides is 1. The van der Waals surface area contributed by atoms with Crippen LogP contribution in [-0.2, 0) is 21.8 Å². The lowest BCUT2D eigenvalue weighted by molar-refractivity contribution is -0.131. The van der Waals surface area contributed by atoms with Gasteiger partial charge in [0.25, 0.3) is 5.91 Å². The van der Waals surface area contributed by atoms with E-state index in [2.05, 4.69) is 5.32 Å². The summed E-state index contributed by atoms with van der Waals surface area (Å²) < 4.78 is 11.0. The van der Waals surface area contributed by atoms with Crippen molar-refractivity contribution in [2.24, 2.45) is 0 Å². The van der Waals surface area contributed by atoms with Gasteiger partial charge in [0, 0.05) is 0 Å². The number of furan rings is 1. The number of hydrogen-bond acceptors (Lipinski definition) is 5. The molecule has 2 unspecified atom stereocenters. The van der Waals surface area contributed by atoms with Crippen molar-refractivity contribution in [1.29, 1.82) is 0 Å². The maximum atomic E-state index is 12.9. The lowest BCUT2D eigenvalue weighted by Crippen LogP contribution is -2.48. The van der Waals surface area contributed by atoms with Crippen molar-refractivity contribution >= 4 is 23.5 Å². The Morgan fingerprint density at radius 1 is 1.00 bits per heavy atom. The summed E-state index contributed by atoms with van der Waals surface area (Å²) in [6.45, 7) is 1.68. The first-order valence-corrected chi connectivity index (χ1v) is 11.0. The zero-order valence-corrected chi connectivity index (χ0v) is 17.6. The molecule has 0 aliphatic heterocycles. The number of thioether (sulfide) groups is 1. The Kier molecular flexibility index (Phi) is 8.15. The molecule has 2 atom stereocenters. The van der Waals surface area contributed by atoms with E-state index >= 15 is 0 Å². The van der Waals surface area contributed by atoms with E-state index in [1.807, 2.05) is 60.7 Å². The van der Waals surface area contributed by atoms with Crippen molar-refractivity contribution in [2.75, 3.05) is 5.75 Å². The van der Waals surface area contributed by atoms with Gasteiger partial charge in [0.1, 0.15) is 11.5 Å². The molecule has 0 radical (unpaired) electrons. The second kappa shape index (κ2) is 11.3. The summed E-state index contributed by atoms with van der Waals surface area (Å²) in [6.07, 6.45) is 1.34. The first-order valence-electron chi connectivity index (χ1n) is 9.80. The standard InChI is InChI=1S/C24H25NO4S/c1-18(29-20-11-6-3-7-12-20)24(27)25-22(15-19-9-4-2-5-10-19)23(26)17-30-16-21-13-8-14-28-21/h2-14,18,22H,15-17H2,1H3,(H,25,27). The Labute approximate surface area is 180 Å². The fourth-order valence-electron chi connectivity index (χ4n) is 2.89. The highest BCUT2D eigenvalue weighted by Gasteiger charge is 2.24. The Morgan fingerprint density at radius 2 is 1.70 bits per heavy atom. The molecule has 0 spiro atoms. The van der Waals surface area contributed by atoms with Crippen LogP contribution >= 0.6 is 11.8 Å². The van der Waals surface area contributed by atoms with Gasteiger partial charge in [-0.25, -0.2) is 0 Å². The molecule has 1 N–H and O–H groups in total. The van der Waals surface area contributed by atoms with Crippen LogP contribution in [0.25, 0.3) is 0 Å². The molecule has 30 heavy (non-hydrogen) atoms. The Hall–Kier alpha value is -2.99. The first kappa shape index (κ1) is 21.7. The third-order valence-electron chi connectivity index (χ3n) is 4.48. The normalized spacial score (nSPS) is 12.7. The SMILES string of the molecule is CC(Oc1ccccc1)C(=O)NC(Cc1ccccc1)C(=O)CSCc1ccco1. The van der Waals surface area contributed by atoms with Crippen LogP contribution in [0, 0.1) is 0 Å². The van der Waals surface area contributed by atoms with E-state index < -0.39 is 12.1 Å². The molecule has 1 aromatic heterocycles. The number of Topliss-reactive ketones (excluding diaryl/α,β-unsaturated/α-hetero) is 1. The zero-order chi connectivity index (χ0) is 21.2. The maximum absolute atomic E-state index is 12.9. The minimum atomic E-state index is -0.714. The van der Waals surface area contributed by atoms with E-state index in [0.29, 0.717) is 17.9 Å². The minimum absolute atomic E-state index is 0.0318. The van der Waals surface area contributed by atoms with Crippen LogP contribution in [0.1, 0.15) is 18.2 Å². The summed E-state index contributed by atoms with van der Waals surface area (Å²) in [4.78, 5) is 25.6. The topological polar surface area (TPSA) is 68.5 Å². The number of nitrogens with one attached hydrogen (secondary N) is 1. The average molecular weight is 424 g/mol. The molecule has 5 nitrogen and oxygen atoms in total. The summed E-state index contributed by atoms with van der Waals surface area (Å²) >= 11 is 1.47. The van der Waals surface area contributed by atoms with Gasteiger partial charge in [-0.1, -0.05) is 48.5 Å². The minimum Gasteiger partial charge on any atom is -0.481 e. The Bertz CT molecular complexity index is 913. The molecule has 0 bridgehead atoms. The monoisotopic (exact) mass is 423 g/mol.